The predicted octanol–water partition coefficient (Wildman–Crippen LogP) is 3.34. The summed E-state index contributed by atoms with van der Waals surface area (Å²) in [6.45, 7) is 0.908. The molecule has 3 rings (SSSR count). The smallest absolute Gasteiger partial charge is 0.315 e. The Bertz CT molecular complexity index is 516. The molecular formula is C15H21N3O2. The molecular weight excluding hydrogens is 254 g/mol. The molecule has 0 amide bonds. The average molecular weight is 275 g/mol. The molecule has 1 aromatic carbocycles. The molecule has 2 fully saturated rings. The number of piperidine rings is 1. The second-order valence-electron chi connectivity index (χ2n) is 5.92. The van der Waals surface area contributed by atoms with Crippen molar-refractivity contribution in [3.8, 4) is 0 Å². The molecule has 108 valence electrons. The van der Waals surface area contributed by atoms with E-state index in [-0.39, 0.29) is 16.3 Å². The van der Waals surface area contributed by atoms with Crippen molar-refractivity contribution in [3.05, 3.63) is 28.3 Å². The number of nitro benzene ring substituents is 1. The van der Waals surface area contributed by atoms with Crippen molar-refractivity contribution in [2.24, 2.45) is 5.92 Å². The monoisotopic (exact) mass is 275 g/mol. The fourth-order valence-corrected chi connectivity index (χ4v) is 3.90. The first kappa shape index (κ1) is 13.2. The summed E-state index contributed by atoms with van der Waals surface area (Å²) < 4.78 is 0. The van der Waals surface area contributed by atoms with Gasteiger partial charge in [0.15, 0.2) is 0 Å². The second kappa shape index (κ2) is 5.31. The minimum atomic E-state index is -0.336. The highest BCUT2D eigenvalue weighted by Gasteiger charge is 2.36. The molecule has 2 aliphatic rings. The third-order valence-electron chi connectivity index (χ3n) is 4.78. The van der Waals surface area contributed by atoms with E-state index in [1.54, 1.807) is 6.07 Å². The molecule has 1 saturated heterocycles. The summed E-state index contributed by atoms with van der Waals surface area (Å²) in [5, 5.41) is 11.3. The van der Waals surface area contributed by atoms with Gasteiger partial charge in [0.2, 0.25) is 0 Å². The first-order valence-corrected chi connectivity index (χ1v) is 7.48. The third kappa shape index (κ3) is 2.21. The van der Waals surface area contributed by atoms with Crippen LogP contribution in [-0.2, 0) is 0 Å². The van der Waals surface area contributed by atoms with Gasteiger partial charge in [-0.2, -0.15) is 0 Å². The fraction of sp³-hybridized carbons (Fsp3) is 0.600. The molecule has 1 heterocycles. The van der Waals surface area contributed by atoms with E-state index < -0.39 is 0 Å². The van der Waals surface area contributed by atoms with Crippen LogP contribution in [0, 0.1) is 16.0 Å². The molecule has 2 atom stereocenters. The Hall–Kier alpha value is -1.78. The SMILES string of the molecule is Nc1cccc(N2CCC[C@H]3CCCC[C@H]32)c1[N+](=O)[O-]. The highest BCUT2D eigenvalue weighted by Crippen LogP contribution is 2.42. The first-order valence-electron chi connectivity index (χ1n) is 7.48. The number of hydrogen-bond acceptors (Lipinski definition) is 4. The number of nitrogens with zero attached hydrogens (tertiary/aromatic N) is 2. The van der Waals surface area contributed by atoms with Gasteiger partial charge in [-0.05, 0) is 43.7 Å². The Balaban J connectivity index is 1.99. The van der Waals surface area contributed by atoms with Gasteiger partial charge in [0.1, 0.15) is 11.4 Å². The zero-order valence-corrected chi connectivity index (χ0v) is 11.6. The van der Waals surface area contributed by atoms with E-state index in [1.807, 2.05) is 12.1 Å². The number of anilines is 2. The number of rotatable bonds is 2. The van der Waals surface area contributed by atoms with Crippen molar-refractivity contribution in [1.82, 2.24) is 0 Å². The lowest BCUT2D eigenvalue weighted by atomic mass is 9.78. The van der Waals surface area contributed by atoms with Gasteiger partial charge < -0.3 is 10.6 Å². The molecule has 5 heteroatoms. The quantitative estimate of drug-likeness (QED) is 0.510. The van der Waals surface area contributed by atoms with Crippen LogP contribution >= 0.6 is 0 Å². The van der Waals surface area contributed by atoms with Gasteiger partial charge in [0.05, 0.1) is 4.92 Å². The average Bonchev–Trinajstić information content (AvgIpc) is 2.46. The molecule has 0 spiro atoms. The Morgan fingerprint density at radius 2 is 1.95 bits per heavy atom. The molecule has 0 radical (unpaired) electrons. The maximum Gasteiger partial charge on any atom is 0.315 e. The van der Waals surface area contributed by atoms with Crippen LogP contribution in [0.5, 0.6) is 0 Å². The lowest BCUT2D eigenvalue weighted by Gasteiger charge is -2.45. The molecule has 0 bridgehead atoms. The molecule has 5 nitrogen and oxygen atoms in total. The Labute approximate surface area is 118 Å². The van der Waals surface area contributed by atoms with Gasteiger partial charge in [-0.15, -0.1) is 0 Å². The van der Waals surface area contributed by atoms with Crippen molar-refractivity contribution in [2.45, 2.75) is 44.6 Å². The zero-order chi connectivity index (χ0) is 14.1. The molecule has 1 aliphatic carbocycles. The minimum Gasteiger partial charge on any atom is -0.393 e. The summed E-state index contributed by atoms with van der Waals surface area (Å²) in [6, 6.07) is 5.75. The fourth-order valence-electron chi connectivity index (χ4n) is 3.90. The second-order valence-corrected chi connectivity index (χ2v) is 5.92. The summed E-state index contributed by atoms with van der Waals surface area (Å²) >= 11 is 0. The van der Waals surface area contributed by atoms with E-state index in [1.165, 1.54) is 25.7 Å². The summed E-state index contributed by atoms with van der Waals surface area (Å²) in [7, 11) is 0. The van der Waals surface area contributed by atoms with Gasteiger partial charge >= 0.3 is 5.69 Å². The molecule has 1 aliphatic heterocycles. The van der Waals surface area contributed by atoms with E-state index in [0.717, 1.165) is 19.4 Å². The maximum absolute atomic E-state index is 11.3. The van der Waals surface area contributed by atoms with Gasteiger partial charge in [0.25, 0.3) is 0 Å². The van der Waals surface area contributed by atoms with Crippen LogP contribution in [0.1, 0.15) is 38.5 Å². The number of fused-ring (bicyclic) bond motifs is 1. The summed E-state index contributed by atoms with van der Waals surface area (Å²) in [6.07, 6.45) is 7.32. The van der Waals surface area contributed by atoms with Crippen LogP contribution in [0.25, 0.3) is 0 Å². The highest BCUT2D eigenvalue weighted by atomic mass is 16.6. The minimum absolute atomic E-state index is 0.0822. The van der Waals surface area contributed by atoms with Crippen molar-refractivity contribution in [2.75, 3.05) is 17.2 Å². The van der Waals surface area contributed by atoms with Crippen molar-refractivity contribution < 1.29 is 4.92 Å². The van der Waals surface area contributed by atoms with Crippen LogP contribution in [0.2, 0.25) is 0 Å². The number of nitro groups is 1. The van der Waals surface area contributed by atoms with E-state index in [0.29, 0.717) is 17.6 Å². The molecule has 0 aromatic heterocycles. The van der Waals surface area contributed by atoms with Crippen molar-refractivity contribution in [3.63, 3.8) is 0 Å². The Morgan fingerprint density at radius 3 is 2.75 bits per heavy atom. The van der Waals surface area contributed by atoms with Crippen molar-refractivity contribution in [1.29, 1.82) is 0 Å². The molecule has 0 unspecified atom stereocenters. The topological polar surface area (TPSA) is 72.4 Å². The largest absolute Gasteiger partial charge is 0.393 e. The van der Waals surface area contributed by atoms with Crippen molar-refractivity contribution >= 4 is 17.1 Å². The predicted molar refractivity (Wildman–Crippen MR) is 79.8 cm³/mol. The lowest BCUT2D eigenvalue weighted by molar-refractivity contribution is -0.383. The Morgan fingerprint density at radius 1 is 1.20 bits per heavy atom. The number of nitrogen functional groups attached to an aromatic ring is 1. The van der Waals surface area contributed by atoms with Gasteiger partial charge in [0, 0.05) is 12.6 Å². The number of para-hydroxylation sites is 1. The van der Waals surface area contributed by atoms with Gasteiger partial charge in [-0.25, -0.2) is 0 Å². The van der Waals surface area contributed by atoms with E-state index in [2.05, 4.69) is 4.90 Å². The van der Waals surface area contributed by atoms with Gasteiger partial charge in [-0.1, -0.05) is 18.9 Å². The van der Waals surface area contributed by atoms with Crippen LogP contribution in [0.3, 0.4) is 0 Å². The normalized spacial score (nSPS) is 26.1. The summed E-state index contributed by atoms with van der Waals surface area (Å²) in [4.78, 5) is 13.3. The van der Waals surface area contributed by atoms with Crippen LogP contribution in [0.15, 0.2) is 18.2 Å². The number of nitrogens with two attached hydrogens (primary N) is 1. The van der Waals surface area contributed by atoms with Crippen LogP contribution in [-0.4, -0.2) is 17.5 Å². The number of hydrogen-bond donors (Lipinski definition) is 1. The number of benzene rings is 1. The summed E-state index contributed by atoms with van der Waals surface area (Å²) in [5.41, 5.74) is 6.89. The molecule has 1 saturated carbocycles. The lowest BCUT2D eigenvalue weighted by Crippen LogP contribution is -2.47. The van der Waals surface area contributed by atoms with E-state index in [4.69, 9.17) is 5.73 Å². The maximum atomic E-state index is 11.3. The Kier molecular flexibility index (Phi) is 3.51. The van der Waals surface area contributed by atoms with Crippen LogP contribution in [0.4, 0.5) is 17.1 Å². The third-order valence-corrected chi connectivity index (χ3v) is 4.78. The summed E-state index contributed by atoms with van der Waals surface area (Å²) in [5.74, 6) is 0.693. The standard InChI is InChI=1S/C15H21N3O2/c16-12-7-3-9-14(15(12)18(19)20)17-10-4-6-11-5-1-2-8-13(11)17/h3,7,9,11,13H,1-2,4-6,8,10,16H2/t11-,13-/m1/s1. The molecule has 2 N–H and O–H groups in total. The highest BCUT2D eigenvalue weighted by molar-refractivity contribution is 5.75. The van der Waals surface area contributed by atoms with Gasteiger partial charge in [-0.3, -0.25) is 10.1 Å². The zero-order valence-electron chi connectivity index (χ0n) is 11.6. The van der Waals surface area contributed by atoms with E-state index in [9.17, 15) is 10.1 Å². The molecule has 20 heavy (non-hydrogen) atoms. The van der Waals surface area contributed by atoms with E-state index >= 15 is 0 Å². The first-order chi connectivity index (χ1) is 9.68. The molecule has 1 aromatic rings. The van der Waals surface area contributed by atoms with Crippen LogP contribution < -0.4 is 10.6 Å².